The Labute approximate surface area is 190 Å². The number of amides is 1. The predicted octanol–water partition coefficient (Wildman–Crippen LogP) is 4.87. The monoisotopic (exact) mass is 442 g/mol. The van der Waals surface area contributed by atoms with Crippen molar-refractivity contribution in [3.63, 3.8) is 0 Å². The molecule has 0 bridgehead atoms. The maximum Gasteiger partial charge on any atom is 0.414 e. The van der Waals surface area contributed by atoms with Crippen LogP contribution in [-0.2, 0) is 16.0 Å². The number of hydrogen-bond donors (Lipinski definition) is 2. The summed E-state index contributed by atoms with van der Waals surface area (Å²) in [5.41, 5.74) is 4.28. The molecule has 1 unspecified atom stereocenters. The van der Waals surface area contributed by atoms with Crippen LogP contribution >= 0.6 is 0 Å². The Hall–Kier alpha value is -4.46. The Morgan fingerprint density at radius 1 is 0.970 bits per heavy atom. The van der Waals surface area contributed by atoms with Gasteiger partial charge in [0.15, 0.2) is 0 Å². The van der Waals surface area contributed by atoms with Crippen molar-refractivity contribution in [3.8, 4) is 16.8 Å². The molecule has 1 amide bonds. The third kappa shape index (κ3) is 5.43. The first-order chi connectivity index (χ1) is 16.0. The van der Waals surface area contributed by atoms with Crippen LogP contribution in [0.3, 0.4) is 0 Å². The lowest BCUT2D eigenvalue weighted by atomic mass is 10.0. The molecule has 33 heavy (non-hydrogen) atoms. The number of carbonyl (C=O) groups excluding carboxylic acids is 1. The van der Waals surface area contributed by atoms with Crippen LogP contribution in [0.4, 0.5) is 10.7 Å². The number of anilines is 1. The summed E-state index contributed by atoms with van der Waals surface area (Å²) in [5, 5.41) is 15.7. The largest absolute Gasteiger partial charge is 0.481 e. The SMILES string of the molecule is CC(OC(=O)Nc1ncnn1-c1ccc(-c2ccc(CC(=O)O)cc2)cc1)c1ccccc1. The van der Waals surface area contributed by atoms with Crippen molar-refractivity contribution in [2.45, 2.75) is 19.4 Å². The summed E-state index contributed by atoms with van der Waals surface area (Å²) in [7, 11) is 0. The van der Waals surface area contributed by atoms with Gasteiger partial charge in [-0.1, -0.05) is 66.7 Å². The number of hydrogen-bond acceptors (Lipinski definition) is 5. The van der Waals surface area contributed by atoms with Crippen molar-refractivity contribution in [1.29, 1.82) is 0 Å². The number of carboxylic acids is 1. The molecule has 166 valence electrons. The fourth-order valence-corrected chi connectivity index (χ4v) is 3.37. The highest BCUT2D eigenvalue weighted by Gasteiger charge is 2.15. The summed E-state index contributed by atoms with van der Waals surface area (Å²) in [6.07, 6.45) is 0.307. The molecule has 4 rings (SSSR count). The van der Waals surface area contributed by atoms with Crippen LogP contribution in [0.5, 0.6) is 0 Å². The number of aliphatic carboxylic acids is 1. The molecule has 2 N–H and O–H groups in total. The maximum absolute atomic E-state index is 12.4. The normalized spacial score (nSPS) is 11.5. The molecule has 0 fully saturated rings. The summed E-state index contributed by atoms with van der Waals surface area (Å²) >= 11 is 0. The second-order valence-corrected chi connectivity index (χ2v) is 7.39. The highest BCUT2D eigenvalue weighted by Crippen LogP contribution is 2.23. The van der Waals surface area contributed by atoms with Gasteiger partial charge in [-0.15, -0.1) is 0 Å². The smallest absolute Gasteiger partial charge is 0.414 e. The summed E-state index contributed by atoms with van der Waals surface area (Å²) in [4.78, 5) is 27.3. The lowest BCUT2D eigenvalue weighted by molar-refractivity contribution is -0.136. The summed E-state index contributed by atoms with van der Waals surface area (Å²) in [6, 6.07) is 24.4. The van der Waals surface area contributed by atoms with E-state index in [1.54, 1.807) is 19.1 Å². The predicted molar refractivity (Wildman–Crippen MR) is 123 cm³/mol. The Kier molecular flexibility index (Phi) is 6.45. The van der Waals surface area contributed by atoms with Crippen LogP contribution in [0.1, 0.15) is 24.2 Å². The molecule has 0 aliphatic rings. The summed E-state index contributed by atoms with van der Waals surface area (Å²) in [6.45, 7) is 1.80. The zero-order valence-electron chi connectivity index (χ0n) is 17.9. The molecular weight excluding hydrogens is 420 g/mol. The lowest BCUT2D eigenvalue weighted by Gasteiger charge is -2.14. The Morgan fingerprint density at radius 2 is 1.61 bits per heavy atom. The molecule has 3 aromatic carbocycles. The fraction of sp³-hybridized carbons (Fsp3) is 0.120. The third-order valence-corrected chi connectivity index (χ3v) is 5.07. The molecule has 8 nitrogen and oxygen atoms in total. The minimum Gasteiger partial charge on any atom is -0.481 e. The molecule has 1 atom stereocenters. The van der Waals surface area contributed by atoms with Gasteiger partial charge in [0.25, 0.3) is 0 Å². The van der Waals surface area contributed by atoms with Gasteiger partial charge in [0.1, 0.15) is 12.4 Å². The topological polar surface area (TPSA) is 106 Å². The molecular formula is C25H22N4O4. The molecule has 1 heterocycles. The number of benzene rings is 3. The maximum atomic E-state index is 12.4. The number of carboxylic acid groups (broad SMARTS) is 1. The minimum atomic E-state index is -0.859. The van der Waals surface area contributed by atoms with Crippen molar-refractivity contribution in [2.24, 2.45) is 0 Å². The number of nitrogens with one attached hydrogen (secondary N) is 1. The van der Waals surface area contributed by atoms with E-state index < -0.39 is 18.2 Å². The van der Waals surface area contributed by atoms with Gasteiger partial charge in [0, 0.05) is 0 Å². The zero-order chi connectivity index (χ0) is 23.2. The quantitative estimate of drug-likeness (QED) is 0.423. The van der Waals surface area contributed by atoms with E-state index in [0.29, 0.717) is 5.69 Å². The number of nitrogens with zero attached hydrogens (tertiary/aromatic N) is 3. The summed E-state index contributed by atoms with van der Waals surface area (Å²) < 4.78 is 6.95. The van der Waals surface area contributed by atoms with Crippen LogP contribution in [0, 0.1) is 0 Å². The Morgan fingerprint density at radius 3 is 2.24 bits per heavy atom. The molecule has 0 aliphatic heterocycles. The van der Waals surface area contributed by atoms with Gasteiger partial charge >= 0.3 is 12.1 Å². The summed E-state index contributed by atoms with van der Waals surface area (Å²) in [5.74, 6) is -0.617. The number of carbonyl (C=O) groups is 2. The zero-order valence-corrected chi connectivity index (χ0v) is 17.9. The molecule has 0 saturated heterocycles. The average Bonchev–Trinajstić information content (AvgIpc) is 3.28. The van der Waals surface area contributed by atoms with E-state index in [9.17, 15) is 9.59 Å². The van der Waals surface area contributed by atoms with Crippen LogP contribution in [0.2, 0.25) is 0 Å². The number of aromatic nitrogens is 3. The van der Waals surface area contributed by atoms with E-state index in [0.717, 1.165) is 22.3 Å². The second kappa shape index (κ2) is 9.78. The van der Waals surface area contributed by atoms with Crippen LogP contribution in [-0.4, -0.2) is 31.9 Å². The molecule has 0 saturated carbocycles. The van der Waals surface area contributed by atoms with Gasteiger partial charge < -0.3 is 9.84 Å². The van der Waals surface area contributed by atoms with E-state index in [-0.39, 0.29) is 12.4 Å². The van der Waals surface area contributed by atoms with Gasteiger partial charge in [-0.3, -0.25) is 10.1 Å². The van der Waals surface area contributed by atoms with Crippen molar-refractivity contribution in [1.82, 2.24) is 14.8 Å². The van der Waals surface area contributed by atoms with E-state index in [1.165, 1.54) is 11.0 Å². The van der Waals surface area contributed by atoms with Gasteiger partial charge in [0.2, 0.25) is 5.95 Å². The van der Waals surface area contributed by atoms with Crippen molar-refractivity contribution in [3.05, 3.63) is 96.3 Å². The van der Waals surface area contributed by atoms with E-state index in [2.05, 4.69) is 15.4 Å². The van der Waals surface area contributed by atoms with Gasteiger partial charge in [-0.2, -0.15) is 14.8 Å². The van der Waals surface area contributed by atoms with Crippen LogP contribution in [0.15, 0.2) is 85.2 Å². The molecule has 0 radical (unpaired) electrons. The average molecular weight is 442 g/mol. The lowest BCUT2D eigenvalue weighted by Crippen LogP contribution is -2.18. The Bertz CT molecular complexity index is 1240. The fourth-order valence-electron chi connectivity index (χ4n) is 3.37. The molecule has 0 spiro atoms. The third-order valence-electron chi connectivity index (χ3n) is 5.07. The first-order valence-electron chi connectivity index (χ1n) is 10.3. The Balaban J connectivity index is 1.44. The molecule has 8 heteroatoms. The molecule has 1 aromatic heterocycles. The van der Waals surface area contributed by atoms with E-state index in [1.807, 2.05) is 66.7 Å². The van der Waals surface area contributed by atoms with Crippen LogP contribution in [0.25, 0.3) is 16.8 Å². The van der Waals surface area contributed by atoms with E-state index >= 15 is 0 Å². The standard InChI is InChI=1S/C25H22N4O4/c1-17(19-5-3-2-4-6-19)33-25(32)28-24-26-16-27-29(24)22-13-11-21(12-14-22)20-9-7-18(8-10-20)15-23(30)31/h2-14,16-17H,15H2,1H3,(H,30,31)(H,26,27,28,32). The van der Waals surface area contributed by atoms with Crippen molar-refractivity contribution >= 4 is 18.0 Å². The number of rotatable bonds is 7. The highest BCUT2D eigenvalue weighted by atomic mass is 16.6. The number of ether oxygens (including phenoxy) is 1. The van der Waals surface area contributed by atoms with Crippen LogP contribution < -0.4 is 5.32 Å². The second-order valence-electron chi connectivity index (χ2n) is 7.39. The first-order valence-corrected chi connectivity index (χ1v) is 10.3. The molecule has 4 aromatic rings. The van der Waals surface area contributed by atoms with E-state index in [4.69, 9.17) is 9.84 Å². The first kappa shape index (κ1) is 21.8. The van der Waals surface area contributed by atoms with Crippen molar-refractivity contribution in [2.75, 3.05) is 5.32 Å². The van der Waals surface area contributed by atoms with Gasteiger partial charge in [0.05, 0.1) is 12.1 Å². The van der Waals surface area contributed by atoms with Gasteiger partial charge in [-0.25, -0.2) is 4.79 Å². The van der Waals surface area contributed by atoms with Gasteiger partial charge in [-0.05, 0) is 41.3 Å². The molecule has 0 aliphatic carbocycles. The van der Waals surface area contributed by atoms with Crippen molar-refractivity contribution < 1.29 is 19.4 Å². The highest BCUT2D eigenvalue weighted by molar-refractivity contribution is 5.83. The minimum absolute atomic E-state index is 0.00610.